The lowest BCUT2D eigenvalue weighted by Gasteiger charge is -2.22. The van der Waals surface area contributed by atoms with E-state index in [1.165, 1.54) is 0 Å². The Balaban J connectivity index is 1.59. The molecule has 0 saturated heterocycles. The van der Waals surface area contributed by atoms with Crippen LogP contribution in [-0.4, -0.2) is 24.6 Å². The standard InChI is InChI=1S/C28H23ClN2O4S/c1-17-11-13-19(14-12-17)36(34,35)30-24(22-9-5-6-10-23(22)29)15-18-16-31(2)26-25(18)27(32)20-7-3-4-8-21(20)28(26)33/h3-14,16,24,30H,15H2,1-2H3. The third-order valence-corrected chi connectivity index (χ3v) is 8.28. The Labute approximate surface area is 214 Å². The molecule has 36 heavy (non-hydrogen) atoms. The molecule has 1 aromatic heterocycles. The Bertz CT molecular complexity index is 1620. The van der Waals surface area contributed by atoms with Gasteiger partial charge in [-0.2, -0.15) is 0 Å². The first-order valence-electron chi connectivity index (χ1n) is 11.4. The summed E-state index contributed by atoms with van der Waals surface area (Å²) in [6, 6.07) is 19.5. The number of hydrogen-bond donors (Lipinski definition) is 1. The predicted molar refractivity (Wildman–Crippen MR) is 138 cm³/mol. The smallest absolute Gasteiger partial charge is 0.241 e. The van der Waals surface area contributed by atoms with E-state index >= 15 is 0 Å². The summed E-state index contributed by atoms with van der Waals surface area (Å²) in [5, 5.41) is 0.395. The normalized spacial score (nSPS) is 13.9. The minimum atomic E-state index is -3.92. The van der Waals surface area contributed by atoms with Crippen LogP contribution in [0, 0.1) is 6.92 Å². The van der Waals surface area contributed by atoms with E-state index in [0.717, 1.165) is 5.56 Å². The zero-order valence-electron chi connectivity index (χ0n) is 19.7. The van der Waals surface area contributed by atoms with Crippen LogP contribution in [0.15, 0.2) is 83.9 Å². The van der Waals surface area contributed by atoms with Gasteiger partial charge >= 0.3 is 0 Å². The number of nitrogens with one attached hydrogen (secondary N) is 1. The molecule has 3 aromatic carbocycles. The van der Waals surface area contributed by atoms with E-state index in [4.69, 9.17) is 11.6 Å². The van der Waals surface area contributed by atoms with Crippen molar-refractivity contribution in [2.75, 3.05) is 0 Å². The van der Waals surface area contributed by atoms with Crippen LogP contribution in [0.5, 0.6) is 0 Å². The van der Waals surface area contributed by atoms with Crippen LogP contribution in [0.25, 0.3) is 0 Å². The lowest BCUT2D eigenvalue weighted by atomic mass is 9.85. The quantitative estimate of drug-likeness (QED) is 0.342. The first-order valence-corrected chi connectivity index (χ1v) is 13.2. The highest BCUT2D eigenvalue weighted by atomic mass is 35.5. The highest BCUT2D eigenvalue weighted by Gasteiger charge is 2.35. The molecule has 4 aromatic rings. The number of carbonyl (C=O) groups excluding carboxylic acids is 2. The van der Waals surface area contributed by atoms with Crippen molar-refractivity contribution in [1.82, 2.24) is 9.29 Å². The molecule has 0 spiro atoms. The Hall–Kier alpha value is -3.52. The zero-order valence-corrected chi connectivity index (χ0v) is 21.2. The van der Waals surface area contributed by atoms with Gasteiger partial charge in [-0.25, -0.2) is 13.1 Å². The van der Waals surface area contributed by atoms with Crippen LogP contribution in [0.4, 0.5) is 0 Å². The van der Waals surface area contributed by atoms with E-state index in [0.29, 0.717) is 38.5 Å². The Morgan fingerprint density at radius 2 is 1.50 bits per heavy atom. The molecular weight excluding hydrogens is 496 g/mol. The van der Waals surface area contributed by atoms with Crippen LogP contribution in [0.1, 0.15) is 54.7 Å². The molecule has 8 heteroatoms. The Kier molecular flexibility index (Phi) is 6.16. The number of aryl methyl sites for hydroxylation is 2. The van der Waals surface area contributed by atoms with E-state index in [2.05, 4.69) is 4.72 Å². The molecule has 0 amide bonds. The second-order valence-corrected chi connectivity index (χ2v) is 11.0. The molecule has 0 aliphatic heterocycles. The second-order valence-electron chi connectivity index (χ2n) is 8.91. The molecule has 6 nitrogen and oxygen atoms in total. The number of benzene rings is 3. The van der Waals surface area contributed by atoms with Gasteiger partial charge < -0.3 is 4.57 Å². The minimum Gasteiger partial charge on any atom is -0.347 e. The van der Waals surface area contributed by atoms with Gasteiger partial charge in [-0.1, -0.05) is 71.8 Å². The zero-order chi connectivity index (χ0) is 25.6. The van der Waals surface area contributed by atoms with Crippen molar-refractivity contribution >= 4 is 33.2 Å². The fourth-order valence-corrected chi connectivity index (χ4v) is 6.16. The number of aromatic nitrogens is 1. The van der Waals surface area contributed by atoms with Crippen molar-refractivity contribution in [3.8, 4) is 0 Å². The van der Waals surface area contributed by atoms with Crippen molar-refractivity contribution in [2.45, 2.75) is 24.3 Å². The maximum Gasteiger partial charge on any atom is 0.241 e. The molecule has 1 aliphatic carbocycles. The SMILES string of the molecule is Cc1ccc(S(=O)(=O)NC(Cc2cn(C)c3c2C(=O)c2ccccc2C3=O)c2ccccc2Cl)cc1. The third kappa shape index (κ3) is 4.19. The number of sulfonamides is 1. The fourth-order valence-electron chi connectivity index (χ4n) is 4.68. The van der Waals surface area contributed by atoms with Crippen LogP contribution in [0.2, 0.25) is 5.02 Å². The van der Waals surface area contributed by atoms with E-state index in [-0.39, 0.29) is 22.9 Å². The second kappa shape index (κ2) is 9.17. The molecule has 1 aliphatic rings. The van der Waals surface area contributed by atoms with Gasteiger partial charge in [0.05, 0.1) is 16.5 Å². The summed E-state index contributed by atoms with van der Waals surface area (Å²) in [5.74, 6) is -0.487. The van der Waals surface area contributed by atoms with E-state index < -0.39 is 16.1 Å². The first-order chi connectivity index (χ1) is 17.2. The van der Waals surface area contributed by atoms with Crippen molar-refractivity contribution in [1.29, 1.82) is 0 Å². The number of fused-ring (bicyclic) bond motifs is 2. The monoisotopic (exact) mass is 518 g/mol. The lowest BCUT2D eigenvalue weighted by molar-refractivity contribution is 0.0973. The van der Waals surface area contributed by atoms with Crippen molar-refractivity contribution < 1.29 is 18.0 Å². The molecule has 0 saturated carbocycles. The summed E-state index contributed by atoms with van der Waals surface area (Å²) in [6.45, 7) is 1.88. The number of nitrogens with zero attached hydrogens (tertiary/aromatic N) is 1. The van der Waals surface area contributed by atoms with E-state index in [1.807, 2.05) is 6.92 Å². The van der Waals surface area contributed by atoms with Gasteiger partial charge in [-0.05, 0) is 42.7 Å². The van der Waals surface area contributed by atoms with Crippen molar-refractivity contribution in [2.24, 2.45) is 7.05 Å². The van der Waals surface area contributed by atoms with Crippen LogP contribution in [-0.2, 0) is 23.5 Å². The number of rotatable bonds is 6. The van der Waals surface area contributed by atoms with Gasteiger partial charge in [-0.3, -0.25) is 9.59 Å². The van der Waals surface area contributed by atoms with E-state index in [1.54, 1.807) is 90.6 Å². The first kappa shape index (κ1) is 24.2. The van der Waals surface area contributed by atoms with Gasteiger partial charge in [0, 0.05) is 29.4 Å². The maximum atomic E-state index is 13.5. The van der Waals surface area contributed by atoms with Gasteiger partial charge in [0.2, 0.25) is 15.8 Å². The number of hydrogen-bond acceptors (Lipinski definition) is 4. The van der Waals surface area contributed by atoms with E-state index in [9.17, 15) is 18.0 Å². The molecular formula is C28H23ClN2O4S. The molecule has 1 atom stereocenters. The van der Waals surface area contributed by atoms with Gasteiger partial charge in [0.15, 0.2) is 5.78 Å². The van der Waals surface area contributed by atoms with Crippen molar-refractivity contribution in [3.63, 3.8) is 0 Å². The van der Waals surface area contributed by atoms with Gasteiger partial charge in [-0.15, -0.1) is 0 Å². The Morgan fingerprint density at radius 3 is 2.17 bits per heavy atom. The fraction of sp³-hybridized carbons (Fsp3) is 0.143. The highest BCUT2D eigenvalue weighted by Crippen LogP contribution is 2.34. The summed E-state index contributed by atoms with van der Waals surface area (Å²) >= 11 is 6.49. The molecule has 0 fully saturated rings. The summed E-state index contributed by atoms with van der Waals surface area (Å²) in [7, 11) is -2.21. The third-order valence-electron chi connectivity index (χ3n) is 6.45. The molecule has 5 rings (SSSR count). The average Bonchev–Trinajstić information content (AvgIpc) is 3.18. The highest BCUT2D eigenvalue weighted by molar-refractivity contribution is 7.89. The largest absolute Gasteiger partial charge is 0.347 e. The van der Waals surface area contributed by atoms with Crippen LogP contribution >= 0.6 is 11.6 Å². The summed E-state index contributed by atoms with van der Waals surface area (Å²) in [6.07, 6.45) is 1.84. The predicted octanol–water partition coefficient (Wildman–Crippen LogP) is 5.02. The van der Waals surface area contributed by atoms with Gasteiger partial charge in [0.25, 0.3) is 0 Å². The molecule has 1 N–H and O–H groups in total. The average molecular weight is 519 g/mol. The maximum absolute atomic E-state index is 13.5. The van der Waals surface area contributed by atoms with Crippen LogP contribution in [0.3, 0.4) is 0 Å². The Morgan fingerprint density at radius 1 is 0.889 bits per heavy atom. The number of carbonyl (C=O) groups is 2. The summed E-state index contributed by atoms with van der Waals surface area (Å²) < 4.78 is 31.1. The van der Waals surface area contributed by atoms with Crippen molar-refractivity contribution in [3.05, 3.63) is 123 Å². The molecule has 1 unspecified atom stereocenters. The molecule has 182 valence electrons. The van der Waals surface area contributed by atoms with Gasteiger partial charge in [0.1, 0.15) is 5.69 Å². The lowest BCUT2D eigenvalue weighted by Crippen LogP contribution is -2.31. The van der Waals surface area contributed by atoms with Crippen LogP contribution < -0.4 is 4.72 Å². The minimum absolute atomic E-state index is 0.124. The topological polar surface area (TPSA) is 85.2 Å². The molecule has 1 heterocycles. The summed E-state index contributed by atoms with van der Waals surface area (Å²) in [4.78, 5) is 26.8. The summed E-state index contributed by atoms with van der Waals surface area (Å²) in [5.41, 5.74) is 3.39. The molecule has 0 radical (unpaired) electrons. The number of halogens is 1. The molecule has 0 bridgehead atoms. The number of ketones is 2.